The maximum Gasteiger partial charge on any atom is 0.172 e. The third-order valence-corrected chi connectivity index (χ3v) is 7.87. The number of methoxy groups -OCH3 is 1. The molecule has 2 aliphatic rings. The second-order valence-electron chi connectivity index (χ2n) is 9.12. The Labute approximate surface area is 193 Å². The molecule has 0 amide bonds. The van der Waals surface area contributed by atoms with Crippen molar-refractivity contribution in [2.45, 2.75) is 39.0 Å². The van der Waals surface area contributed by atoms with Gasteiger partial charge >= 0.3 is 0 Å². The summed E-state index contributed by atoms with van der Waals surface area (Å²) in [4.78, 5) is 28.6. The molecule has 5 rings (SSSR count). The largest absolute Gasteiger partial charge is 0.497 e. The summed E-state index contributed by atoms with van der Waals surface area (Å²) in [5, 5.41) is 0. The zero-order chi connectivity index (χ0) is 22.1. The molecule has 0 spiro atoms. The topological polar surface area (TPSA) is 71.1 Å². The number of anilines is 1. The van der Waals surface area contributed by atoms with Crippen LogP contribution in [0.25, 0.3) is 22.4 Å². The first-order chi connectivity index (χ1) is 15.6. The number of hydrogen-bond donors (Lipinski definition) is 1. The molecular weight excluding hydrogens is 420 g/mol. The Morgan fingerprint density at radius 2 is 1.94 bits per heavy atom. The van der Waals surface area contributed by atoms with Crippen LogP contribution in [-0.2, 0) is 0 Å². The van der Waals surface area contributed by atoms with Gasteiger partial charge in [-0.05, 0) is 25.0 Å². The Hall–Kier alpha value is -2.54. The molecule has 0 radical (unpaired) electrons. The van der Waals surface area contributed by atoms with E-state index >= 15 is 0 Å². The SMILES string of the molecule is COc1cc(-c2cnc3[nH]cc(C(=O)C4(C)CCCCC4)c3n2)cc(N2CCSCC2)c1. The molecule has 2 fully saturated rings. The second-order valence-corrected chi connectivity index (χ2v) is 10.3. The van der Waals surface area contributed by atoms with E-state index in [1.807, 2.05) is 17.8 Å². The Morgan fingerprint density at radius 3 is 2.69 bits per heavy atom. The van der Waals surface area contributed by atoms with Gasteiger partial charge in [0.25, 0.3) is 0 Å². The highest BCUT2D eigenvalue weighted by Gasteiger charge is 2.36. The van der Waals surface area contributed by atoms with Crippen LogP contribution in [0.5, 0.6) is 5.75 Å². The first-order valence-corrected chi connectivity index (χ1v) is 12.6. The molecule has 32 heavy (non-hydrogen) atoms. The van der Waals surface area contributed by atoms with Crippen molar-refractivity contribution in [2.75, 3.05) is 36.6 Å². The number of Topliss-reactive ketones (excluding diaryl/α,β-unsaturated/α-hetero) is 1. The number of ether oxygens (including phenoxy) is 1. The van der Waals surface area contributed by atoms with Gasteiger partial charge in [0.05, 0.1) is 24.6 Å². The number of thioether (sulfide) groups is 1. The fourth-order valence-corrected chi connectivity index (χ4v) is 5.84. The molecule has 1 N–H and O–H groups in total. The predicted molar refractivity (Wildman–Crippen MR) is 131 cm³/mol. The minimum Gasteiger partial charge on any atom is -0.497 e. The van der Waals surface area contributed by atoms with Crippen molar-refractivity contribution in [1.29, 1.82) is 0 Å². The highest BCUT2D eigenvalue weighted by molar-refractivity contribution is 7.99. The lowest BCUT2D eigenvalue weighted by Gasteiger charge is -2.31. The molecule has 0 bridgehead atoms. The van der Waals surface area contributed by atoms with Gasteiger partial charge in [-0.15, -0.1) is 0 Å². The standard InChI is InChI=1S/C25H30N4O2S/c1-25(6-4-3-5-7-25)23(30)20-15-26-24-22(20)28-21(16-27-24)17-12-18(14-19(13-17)31-2)29-8-10-32-11-9-29/h12-16H,3-11H2,1-2H3,(H,26,27). The fraction of sp³-hybridized carbons (Fsp3) is 0.480. The summed E-state index contributed by atoms with van der Waals surface area (Å²) < 4.78 is 5.59. The Morgan fingerprint density at radius 1 is 1.16 bits per heavy atom. The summed E-state index contributed by atoms with van der Waals surface area (Å²) in [6, 6.07) is 6.24. The number of H-pyrrole nitrogens is 1. The molecule has 1 saturated heterocycles. The normalized spacial score (nSPS) is 18.6. The van der Waals surface area contributed by atoms with Crippen LogP contribution in [0, 0.1) is 5.41 Å². The van der Waals surface area contributed by atoms with E-state index in [1.165, 1.54) is 6.42 Å². The van der Waals surface area contributed by atoms with E-state index in [4.69, 9.17) is 9.72 Å². The van der Waals surface area contributed by atoms with Crippen molar-refractivity contribution in [2.24, 2.45) is 5.41 Å². The van der Waals surface area contributed by atoms with Crippen molar-refractivity contribution < 1.29 is 9.53 Å². The molecule has 6 nitrogen and oxygen atoms in total. The van der Waals surface area contributed by atoms with Gasteiger partial charge in [-0.2, -0.15) is 11.8 Å². The van der Waals surface area contributed by atoms with Gasteiger partial charge < -0.3 is 14.6 Å². The summed E-state index contributed by atoms with van der Waals surface area (Å²) in [6.45, 7) is 4.16. The summed E-state index contributed by atoms with van der Waals surface area (Å²) >= 11 is 1.99. The van der Waals surface area contributed by atoms with Gasteiger partial charge in [-0.25, -0.2) is 9.97 Å². The number of nitrogens with one attached hydrogen (secondary N) is 1. The van der Waals surface area contributed by atoms with Gasteiger partial charge in [0.1, 0.15) is 11.3 Å². The minimum absolute atomic E-state index is 0.187. The van der Waals surface area contributed by atoms with E-state index in [-0.39, 0.29) is 11.2 Å². The van der Waals surface area contributed by atoms with Gasteiger partial charge in [0.15, 0.2) is 11.4 Å². The summed E-state index contributed by atoms with van der Waals surface area (Å²) in [6.07, 6.45) is 8.90. The van der Waals surface area contributed by atoms with Gasteiger partial charge in [0.2, 0.25) is 0 Å². The molecule has 7 heteroatoms. The molecule has 3 aromatic rings. The predicted octanol–water partition coefficient (Wildman–Crippen LogP) is 5.34. The number of carbonyl (C=O) groups is 1. The molecule has 168 valence electrons. The van der Waals surface area contributed by atoms with Gasteiger partial charge in [-0.1, -0.05) is 26.2 Å². The summed E-state index contributed by atoms with van der Waals surface area (Å²) in [5.74, 6) is 3.25. The number of aromatic amines is 1. The van der Waals surface area contributed by atoms with Crippen LogP contribution in [0.2, 0.25) is 0 Å². The summed E-state index contributed by atoms with van der Waals surface area (Å²) in [7, 11) is 1.69. The van der Waals surface area contributed by atoms with Gasteiger partial charge in [-0.3, -0.25) is 4.79 Å². The maximum absolute atomic E-state index is 13.5. The number of aromatic nitrogens is 3. The Kier molecular flexibility index (Phi) is 5.84. The molecule has 3 heterocycles. The van der Waals surface area contributed by atoms with Crippen LogP contribution in [-0.4, -0.2) is 52.4 Å². The van der Waals surface area contributed by atoms with E-state index < -0.39 is 0 Å². The molecule has 1 aromatic carbocycles. The lowest BCUT2D eigenvalue weighted by atomic mass is 9.71. The molecule has 1 saturated carbocycles. The third-order valence-electron chi connectivity index (χ3n) is 6.93. The van der Waals surface area contributed by atoms with Crippen LogP contribution < -0.4 is 9.64 Å². The van der Waals surface area contributed by atoms with Crippen molar-refractivity contribution >= 4 is 34.4 Å². The van der Waals surface area contributed by atoms with Crippen LogP contribution in [0.3, 0.4) is 0 Å². The van der Waals surface area contributed by atoms with Crippen molar-refractivity contribution in [3.8, 4) is 17.0 Å². The zero-order valence-electron chi connectivity index (χ0n) is 18.8. The van der Waals surface area contributed by atoms with E-state index in [0.717, 1.165) is 73.0 Å². The third kappa shape index (κ3) is 3.98. The van der Waals surface area contributed by atoms with Crippen molar-refractivity contribution in [1.82, 2.24) is 15.0 Å². The Bertz CT molecular complexity index is 1130. The fourth-order valence-electron chi connectivity index (χ4n) is 4.94. The quantitative estimate of drug-likeness (QED) is 0.529. The Balaban J connectivity index is 1.54. The average Bonchev–Trinajstić information content (AvgIpc) is 3.27. The minimum atomic E-state index is -0.305. The first-order valence-electron chi connectivity index (χ1n) is 11.5. The molecule has 2 aromatic heterocycles. The summed E-state index contributed by atoms with van der Waals surface area (Å²) in [5.41, 5.74) is 4.53. The van der Waals surface area contributed by atoms with Crippen molar-refractivity contribution in [3.05, 3.63) is 36.2 Å². The number of nitrogens with zero attached hydrogens (tertiary/aromatic N) is 3. The van der Waals surface area contributed by atoms with Crippen LogP contribution in [0.1, 0.15) is 49.4 Å². The number of fused-ring (bicyclic) bond motifs is 1. The van der Waals surface area contributed by atoms with Crippen molar-refractivity contribution in [3.63, 3.8) is 0 Å². The number of benzene rings is 1. The number of rotatable bonds is 5. The van der Waals surface area contributed by atoms with Crippen LogP contribution in [0.4, 0.5) is 5.69 Å². The molecular formula is C25H30N4O2S. The highest BCUT2D eigenvalue weighted by Crippen LogP contribution is 2.40. The first kappa shape index (κ1) is 21.3. The van der Waals surface area contributed by atoms with E-state index in [0.29, 0.717) is 16.7 Å². The van der Waals surface area contributed by atoms with E-state index in [1.54, 1.807) is 19.5 Å². The second kappa shape index (κ2) is 8.77. The molecule has 1 aliphatic carbocycles. The molecule has 0 atom stereocenters. The van der Waals surface area contributed by atoms with Crippen LogP contribution in [0.15, 0.2) is 30.6 Å². The van der Waals surface area contributed by atoms with Gasteiger partial charge in [0, 0.05) is 53.5 Å². The zero-order valence-corrected chi connectivity index (χ0v) is 19.6. The lowest BCUT2D eigenvalue weighted by Crippen LogP contribution is -2.32. The maximum atomic E-state index is 13.5. The van der Waals surface area contributed by atoms with E-state index in [2.05, 4.69) is 33.9 Å². The lowest BCUT2D eigenvalue weighted by molar-refractivity contribution is 0.0751. The molecule has 0 unspecified atom stereocenters. The number of carbonyl (C=O) groups excluding carboxylic acids is 1. The van der Waals surface area contributed by atoms with E-state index in [9.17, 15) is 4.79 Å². The molecule has 1 aliphatic heterocycles. The smallest absolute Gasteiger partial charge is 0.172 e. The number of hydrogen-bond acceptors (Lipinski definition) is 6. The monoisotopic (exact) mass is 450 g/mol. The average molecular weight is 451 g/mol. The number of ketones is 1. The highest BCUT2D eigenvalue weighted by atomic mass is 32.2. The van der Waals surface area contributed by atoms with Crippen LogP contribution >= 0.6 is 11.8 Å².